The average Bonchev–Trinajstić information content (AvgIpc) is 2.60. The highest BCUT2D eigenvalue weighted by Gasteiger charge is 2.29. The van der Waals surface area contributed by atoms with Gasteiger partial charge in [-0.3, -0.25) is 0 Å². The first-order valence-corrected chi connectivity index (χ1v) is 9.09. The minimum Gasteiger partial charge on any atom is -0.489 e. The molecule has 1 aliphatic rings. The van der Waals surface area contributed by atoms with Gasteiger partial charge in [-0.2, -0.15) is 0 Å². The molecule has 2 atom stereocenters. The van der Waals surface area contributed by atoms with Crippen molar-refractivity contribution in [3.05, 3.63) is 65.2 Å². The molecule has 24 heavy (non-hydrogen) atoms. The van der Waals surface area contributed by atoms with Crippen molar-refractivity contribution in [3.8, 4) is 5.75 Å². The Morgan fingerprint density at radius 2 is 1.67 bits per heavy atom. The van der Waals surface area contributed by atoms with E-state index in [1.165, 1.54) is 24.8 Å². The van der Waals surface area contributed by atoms with Crippen LogP contribution >= 0.6 is 0 Å². The highest BCUT2D eigenvalue weighted by Crippen LogP contribution is 2.42. The molecule has 1 fully saturated rings. The molecule has 1 aliphatic carbocycles. The van der Waals surface area contributed by atoms with Gasteiger partial charge in [-0.25, -0.2) is 0 Å². The molecule has 0 heterocycles. The molecule has 128 valence electrons. The largest absolute Gasteiger partial charge is 0.489 e. The van der Waals surface area contributed by atoms with Crippen molar-refractivity contribution in [2.24, 2.45) is 11.8 Å². The zero-order valence-corrected chi connectivity index (χ0v) is 14.7. The van der Waals surface area contributed by atoms with Gasteiger partial charge >= 0.3 is 0 Å². The smallest absolute Gasteiger partial charge is 0.120 e. The van der Waals surface area contributed by atoms with E-state index in [0.717, 1.165) is 16.9 Å². The van der Waals surface area contributed by atoms with Crippen LogP contribution in [0.2, 0.25) is 0 Å². The Morgan fingerprint density at radius 3 is 2.33 bits per heavy atom. The molecule has 0 aliphatic heterocycles. The number of ether oxygens (including phenoxy) is 1. The van der Waals surface area contributed by atoms with Crippen LogP contribution in [0.4, 0.5) is 0 Å². The Morgan fingerprint density at radius 1 is 0.958 bits per heavy atom. The summed E-state index contributed by atoms with van der Waals surface area (Å²) in [5, 5.41) is 9.65. The Hall–Kier alpha value is -1.80. The summed E-state index contributed by atoms with van der Waals surface area (Å²) in [6.07, 6.45) is 3.91. The Labute approximate surface area is 145 Å². The van der Waals surface area contributed by atoms with Gasteiger partial charge in [0.1, 0.15) is 12.4 Å². The second-order valence-electron chi connectivity index (χ2n) is 7.25. The van der Waals surface area contributed by atoms with Gasteiger partial charge in [0.15, 0.2) is 0 Å². The number of aliphatic hydroxyl groups excluding tert-OH is 1. The van der Waals surface area contributed by atoms with Crippen LogP contribution in [-0.4, -0.2) is 5.11 Å². The van der Waals surface area contributed by atoms with Crippen LogP contribution in [0.3, 0.4) is 0 Å². The maximum absolute atomic E-state index is 9.65. The SMILES string of the molecule is CC1CCCC(C)C1c1cc(CO)cc(OCc2ccccc2)c1. The monoisotopic (exact) mass is 324 g/mol. The predicted octanol–water partition coefficient (Wildman–Crippen LogP) is 5.30. The third-order valence-corrected chi connectivity index (χ3v) is 5.35. The van der Waals surface area contributed by atoms with E-state index in [2.05, 4.69) is 38.1 Å². The molecule has 1 N–H and O–H groups in total. The number of rotatable bonds is 5. The number of hydrogen-bond acceptors (Lipinski definition) is 2. The maximum atomic E-state index is 9.65. The van der Waals surface area contributed by atoms with Gasteiger partial charge in [-0.15, -0.1) is 0 Å². The van der Waals surface area contributed by atoms with Crippen LogP contribution in [0.25, 0.3) is 0 Å². The maximum Gasteiger partial charge on any atom is 0.120 e. The van der Waals surface area contributed by atoms with Crippen molar-refractivity contribution in [2.75, 3.05) is 0 Å². The minimum atomic E-state index is 0.0605. The standard InChI is InChI=1S/C22H28O2/c1-16-7-6-8-17(2)22(16)20-11-19(14-23)12-21(13-20)24-15-18-9-4-3-5-10-18/h3-5,9-13,16-17,22-23H,6-8,14-15H2,1-2H3. The number of benzene rings is 2. The van der Waals surface area contributed by atoms with Gasteiger partial charge in [0.25, 0.3) is 0 Å². The van der Waals surface area contributed by atoms with E-state index in [1.807, 2.05) is 24.3 Å². The van der Waals surface area contributed by atoms with E-state index in [9.17, 15) is 5.11 Å². The molecule has 2 nitrogen and oxygen atoms in total. The summed E-state index contributed by atoms with van der Waals surface area (Å²) in [6.45, 7) is 5.34. The molecule has 0 radical (unpaired) electrons. The lowest BCUT2D eigenvalue weighted by molar-refractivity contribution is 0.245. The topological polar surface area (TPSA) is 29.5 Å². The molecule has 0 saturated heterocycles. The second kappa shape index (κ2) is 7.85. The fourth-order valence-corrected chi connectivity index (χ4v) is 4.13. The van der Waals surface area contributed by atoms with Crippen molar-refractivity contribution in [1.29, 1.82) is 0 Å². The van der Waals surface area contributed by atoms with E-state index < -0.39 is 0 Å². The molecule has 0 aromatic heterocycles. The lowest BCUT2D eigenvalue weighted by Crippen LogP contribution is -2.23. The van der Waals surface area contributed by atoms with Gasteiger partial charge in [-0.1, -0.05) is 69.5 Å². The molecular weight excluding hydrogens is 296 g/mol. The number of hydrogen-bond donors (Lipinski definition) is 1. The van der Waals surface area contributed by atoms with Gasteiger partial charge < -0.3 is 9.84 Å². The van der Waals surface area contributed by atoms with E-state index in [0.29, 0.717) is 24.4 Å². The molecule has 2 heteroatoms. The fourth-order valence-electron chi connectivity index (χ4n) is 4.13. The summed E-state index contributed by atoms with van der Waals surface area (Å²) in [5.74, 6) is 2.80. The quantitative estimate of drug-likeness (QED) is 0.809. The third-order valence-electron chi connectivity index (χ3n) is 5.35. The molecule has 3 rings (SSSR count). The molecule has 2 aromatic rings. The highest BCUT2D eigenvalue weighted by molar-refractivity contribution is 5.37. The summed E-state index contributed by atoms with van der Waals surface area (Å²) in [4.78, 5) is 0. The molecule has 0 bridgehead atoms. The minimum absolute atomic E-state index is 0.0605. The lowest BCUT2D eigenvalue weighted by atomic mass is 9.70. The predicted molar refractivity (Wildman–Crippen MR) is 98.1 cm³/mol. The Bertz CT molecular complexity index is 640. The summed E-state index contributed by atoms with van der Waals surface area (Å²) >= 11 is 0. The van der Waals surface area contributed by atoms with Crippen molar-refractivity contribution >= 4 is 0 Å². The first-order chi connectivity index (χ1) is 11.7. The summed E-state index contributed by atoms with van der Waals surface area (Å²) < 4.78 is 6.03. The molecule has 2 aromatic carbocycles. The Kier molecular flexibility index (Phi) is 5.57. The van der Waals surface area contributed by atoms with E-state index in [4.69, 9.17) is 4.74 Å². The third kappa shape index (κ3) is 3.99. The van der Waals surface area contributed by atoms with Crippen molar-refractivity contribution in [2.45, 2.75) is 52.2 Å². The summed E-state index contributed by atoms with van der Waals surface area (Å²) in [6, 6.07) is 16.5. The highest BCUT2D eigenvalue weighted by atomic mass is 16.5. The first-order valence-electron chi connectivity index (χ1n) is 9.09. The second-order valence-corrected chi connectivity index (χ2v) is 7.25. The zero-order valence-electron chi connectivity index (χ0n) is 14.7. The molecule has 0 amide bonds. The van der Waals surface area contributed by atoms with Gasteiger partial charge in [0.05, 0.1) is 6.61 Å². The van der Waals surface area contributed by atoms with E-state index in [1.54, 1.807) is 0 Å². The normalized spacial score (nSPS) is 23.9. The lowest BCUT2D eigenvalue weighted by Gasteiger charge is -2.35. The zero-order chi connectivity index (χ0) is 16.9. The van der Waals surface area contributed by atoms with Crippen molar-refractivity contribution in [1.82, 2.24) is 0 Å². The molecule has 0 spiro atoms. The van der Waals surface area contributed by atoms with Crippen LogP contribution in [0.1, 0.15) is 55.7 Å². The first kappa shape index (κ1) is 17.0. The van der Waals surface area contributed by atoms with E-state index >= 15 is 0 Å². The molecular formula is C22H28O2. The van der Waals surface area contributed by atoms with Crippen molar-refractivity contribution < 1.29 is 9.84 Å². The van der Waals surface area contributed by atoms with Gasteiger partial charge in [0.2, 0.25) is 0 Å². The summed E-state index contributed by atoms with van der Waals surface area (Å²) in [7, 11) is 0. The van der Waals surface area contributed by atoms with Crippen LogP contribution in [0.15, 0.2) is 48.5 Å². The van der Waals surface area contributed by atoms with Crippen molar-refractivity contribution in [3.63, 3.8) is 0 Å². The molecule has 1 saturated carbocycles. The van der Waals surface area contributed by atoms with Crippen LogP contribution in [0.5, 0.6) is 5.75 Å². The van der Waals surface area contributed by atoms with Gasteiger partial charge in [0, 0.05) is 0 Å². The fraction of sp³-hybridized carbons (Fsp3) is 0.455. The van der Waals surface area contributed by atoms with Gasteiger partial charge in [-0.05, 0) is 46.6 Å². The van der Waals surface area contributed by atoms with E-state index in [-0.39, 0.29) is 6.61 Å². The van der Waals surface area contributed by atoms with Crippen LogP contribution < -0.4 is 4.74 Å². The molecule has 2 unspecified atom stereocenters. The number of aliphatic hydroxyl groups is 1. The summed E-state index contributed by atoms with van der Waals surface area (Å²) in [5.41, 5.74) is 3.43. The van der Waals surface area contributed by atoms with Crippen LogP contribution in [-0.2, 0) is 13.2 Å². The average molecular weight is 324 g/mol. The Balaban J connectivity index is 1.82. The van der Waals surface area contributed by atoms with Crippen LogP contribution in [0, 0.1) is 11.8 Å².